The zero-order valence-electron chi connectivity index (χ0n) is 10.3. The lowest BCUT2D eigenvalue weighted by molar-refractivity contribution is -0.140. The summed E-state index contributed by atoms with van der Waals surface area (Å²) in [6.45, 7) is 0.767. The summed E-state index contributed by atoms with van der Waals surface area (Å²) >= 11 is 0. The summed E-state index contributed by atoms with van der Waals surface area (Å²) in [6.07, 6.45) is 1.56. The SMILES string of the molecule is O=C1C(=O)N(Cc2ccco2)CC1c1ccccc1. The zero-order valence-corrected chi connectivity index (χ0v) is 10.3. The number of hydrogen-bond donors (Lipinski definition) is 0. The van der Waals surface area contributed by atoms with E-state index >= 15 is 0 Å². The molecule has 1 amide bonds. The van der Waals surface area contributed by atoms with Gasteiger partial charge in [0.2, 0.25) is 5.78 Å². The Hall–Kier alpha value is -2.36. The van der Waals surface area contributed by atoms with Crippen molar-refractivity contribution in [3.8, 4) is 0 Å². The molecule has 1 unspecified atom stereocenters. The number of nitrogens with zero attached hydrogens (tertiary/aromatic N) is 1. The van der Waals surface area contributed by atoms with Gasteiger partial charge in [-0.15, -0.1) is 0 Å². The number of ketones is 1. The number of rotatable bonds is 3. The lowest BCUT2D eigenvalue weighted by Gasteiger charge is -2.13. The van der Waals surface area contributed by atoms with Gasteiger partial charge in [-0.05, 0) is 17.7 Å². The maximum atomic E-state index is 12.0. The molecule has 1 aromatic carbocycles. The summed E-state index contributed by atoms with van der Waals surface area (Å²) < 4.78 is 5.21. The summed E-state index contributed by atoms with van der Waals surface area (Å²) in [5.74, 6) is -0.429. The molecule has 1 saturated heterocycles. The van der Waals surface area contributed by atoms with Gasteiger partial charge in [-0.2, -0.15) is 0 Å². The van der Waals surface area contributed by atoms with Crippen LogP contribution in [0.15, 0.2) is 53.1 Å². The Morgan fingerprint density at radius 2 is 1.89 bits per heavy atom. The summed E-state index contributed by atoms with van der Waals surface area (Å²) in [5, 5.41) is 0. The number of benzene rings is 1. The van der Waals surface area contributed by atoms with Crippen LogP contribution in [-0.4, -0.2) is 23.1 Å². The van der Waals surface area contributed by atoms with Gasteiger partial charge in [-0.1, -0.05) is 30.3 Å². The standard InChI is InChI=1S/C15H13NO3/c17-14-13(11-5-2-1-3-6-11)10-16(15(14)18)9-12-7-4-8-19-12/h1-8,13H,9-10H2. The van der Waals surface area contributed by atoms with E-state index < -0.39 is 5.91 Å². The Labute approximate surface area is 110 Å². The predicted molar refractivity (Wildman–Crippen MR) is 68.3 cm³/mol. The molecule has 1 atom stereocenters. The molecule has 0 saturated carbocycles. The van der Waals surface area contributed by atoms with Gasteiger partial charge >= 0.3 is 0 Å². The van der Waals surface area contributed by atoms with Crippen LogP contribution in [0.2, 0.25) is 0 Å². The quantitative estimate of drug-likeness (QED) is 0.788. The molecule has 2 aromatic rings. The van der Waals surface area contributed by atoms with Crippen molar-refractivity contribution in [1.82, 2.24) is 4.90 Å². The van der Waals surface area contributed by atoms with E-state index in [0.29, 0.717) is 18.8 Å². The number of amides is 1. The number of hydrogen-bond acceptors (Lipinski definition) is 3. The fourth-order valence-electron chi connectivity index (χ4n) is 2.36. The third-order valence-electron chi connectivity index (χ3n) is 3.35. The van der Waals surface area contributed by atoms with Gasteiger partial charge in [0.15, 0.2) is 0 Å². The minimum absolute atomic E-state index is 0.335. The fourth-order valence-corrected chi connectivity index (χ4v) is 2.36. The maximum absolute atomic E-state index is 12.0. The first-order chi connectivity index (χ1) is 9.25. The second kappa shape index (κ2) is 4.72. The van der Waals surface area contributed by atoms with Crippen molar-refractivity contribution in [2.75, 3.05) is 6.54 Å². The second-order valence-electron chi connectivity index (χ2n) is 4.59. The summed E-state index contributed by atoms with van der Waals surface area (Å²) in [7, 11) is 0. The molecule has 4 heteroatoms. The highest BCUT2D eigenvalue weighted by Crippen LogP contribution is 2.26. The van der Waals surface area contributed by atoms with Crippen molar-refractivity contribution in [3.05, 3.63) is 60.1 Å². The topological polar surface area (TPSA) is 50.5 Å². The summed E-state index contributed by atoms with van der Waals surface area (Å²) in [4.78, 5) is 25.5. The van der Waals surface area contributed by atoms with E-state index in [2.05, 4.69) is 0 Å². The van der Waals surface area contributed by atoms with E-state index in [4.69, 9.17) is 4.42 Å². The van der Waals surface area contributed by atoms with Gasteiger partial charge in [0, 0.05) is 6.54 Å². The van der Waals surface area contributed by atoms with Crippen molar-refractivity contribution in [1.29, 1.82) is 0 Å². The largest absolute Gasteiger partial charge is 0.467 e. The Morgan fingerprint density at radius 3 is 2.58 bits per heavy atom. The Balaban J connectivity index is 1.80. The summed E-state index contributed by atoms with van der Waals surface area (Å²) in [6, 6.07) is 13.0. The van der Waals surface area contributed by atoms with Gasteiger partial charge < -0.3 is 9.32 Å². The minimum Gasteiger partial charge on any atom is -0.467 e. The highest BCUT2D eigenvalue weighted by molar-refractivity contribution is 6.40. The van der Waals surface area contributed by atoms with Gasteiger partial charge in [-0.25, -0.2) is 0 Å². The van der Waals surface area contributed by atoms with Crippen LogP contribution in [0.4, 0.5) is 0 Å². The average Bonchev–Trinajstić information content (AvgIpc) is 3.04. The molecule has 2 heterocycles. The number of likely N-dealkylation sites (tertiary alicyclic amines) is 1. The van der Waals surface area contributed by atoms with Crippen LogP contribution in [0.5, 0.6) is 0 Å². The normalized spacial score (nSPS) is 19.2. The van der Waals surface area contributed by atoms with Crippen LogP contribution in [-0.2, 0) is 16.1 Å². The van der Waals surface area contributed by atoms with Crippen LogP contribution in [0.1, 0.15) is 17.2 Å². The van der Waals surface area contributed by atoms with E-state index in [0.717, 1.165) is 5.56 Å². The van der Waals surface area contributed by atoms with Crippen molar-refractivity contribution in [3.63, 3.8) is 0 Å². The molecule has 0 aliphatic carbocycles. The first-order valence-electron chi connectivity index (χ1n) is 6.16. The molecular formula is C15H13NO3. The summed E-state index contributed by atoms with van der Waals surface area (Å²) in [5.41, 5.74) is 0.891. The van der Waals surface area contributed by atoms with Crippen molar-refractivity contribution in [2.45, 2.75) is 12.5 Å². The molecule has 1 aliphatic rings. The van der Waals surface area contributed by atoms with Gasteiger partial charge in [0.05, 0.1) is 18.7 Å². The Morgan fingerprint density at radius 1 is 1.11 bits per heavy atom. The molecule has 0 spiro atoms. The lowest BCUT2D eigenvalue weighted by atomic mass is 9.97. The highest BCUT2D eigenvalue weighted by atomic mass is 16.3. The third kappa shape index (κ3) is 2.17. The van der Waals surface area contributed by atoms with Gasteiger partial charge in [-0.3, -0.25) is 9.59 Å². The maximum Gasteiger partial charge on any atom is 0.291 e. The first kappa shape index (κ1) is 11.7. The Kier molecular flexibility index (Phi) is 2.91. The monoisotopic (exact) mass is 255 g/mol. The molecule has 1 fully saturated rings. The van der Waals surface area contributed by atoms with Crippen LogP contribution in [0, 0.1) is 0 Å². The fraction of sp³-hybridized carbons (Fsp3) is 0.200. The van der Waals surface area contributed by atoms with Crippen LogP contribution < -0.4 is 0 Å². The van der Waals surface area contributed by atoms with Crippen LogP contribution in [0.25, 0.3) is 0 Å². The molecule has 3 rings (SSSR count). The van der Waals surface area contributed by atoms with E-state index in [-0.39, 0.29) is 11.7 Å². The molecule has 0 radical (unpaired) electrons. The van der Waals surface area contributed by atoms with E-state index in [9.17, 15) is 9.59 Å². The van der Waals surface area contributed by atoms with E-state index in [1.807, 2.05) is 30.3 Å². The third-order valence-corrected chi connectivity index (χ3v) is 3.35. The van der Waals surface area contributed by atoms with Gasteiger partial charge in [0.25, 0.3) is 5.91 Å². The molecule has 1 aromatic heterocycles. The average molecular weight is 255 g/mol. The Bertz CT molecular complexity index is 589. The molecule has 1 aliphatic heterocycles. The van der Waals surface area contributed by atoms with E-state index in [1.54, 1.807) is 23.3 Å². The van der Waals surface area contributed by atoms with E-state index in [1.165, 1.54) is 0 Å². The smallest absolute Gasteiger partial charge is 0.291 e. The number of carbonyl (C=O) groups excluding carboxylic acids is 2. The molecule has 0 N–H and O–H groups in total. The van der Waals surface area contributed by atoms with Crippen LogP contribution >= 0.6 is 0 Å². The van der Waals surface area contributed by atoms with Crippen molar-refractivity contribution < 1.29 is 14.0 Å². The molecule has 96 valence electrons. The predicted octanol–water partition coefficient (Wildman–Crippen LogP) is 1.97. The minimum atomic E-state index is -0.426. The van der Waals surface area contributed by atoms with Gasteiger partial charge in [0.1, 0.15) is 5.76 Å². The molecule has 19 heavy (non-hydrogen) atoms. The molecule has 4 nitrogen and oxygen atoms in total. The first-order valence-corrected chi connectivity index (χ1v) is 6.16. The number of furan rings is 1. The number of Topliss-reactive ketones (excluding diaryl/α,β-unsaturated/α-hetero) is 1. The lowest BCUT2D eigenvalue weighted by Crippen LogP contribution is -2.26. The van der Waals surface area contributed by atoms with Crippen LogP contribution in [0.3, 0.4) is 0 Å². The number of carbonyl (C=O) groups is 2. The zero-order chi connectivity index (χ0) is 13.2. The molecular weight excluding hydrogens is 242 g/mol. The molecule has 0 bridgehead atoms. The van der Waals surface area contributed by atoms with Crippen molar-refractivity contribution in [2.24, 2.45) is 0 Å². The van der Waals surface area contributed by atoms with Crippen molar-refractivity contribution >= 4 is 11.7 Å². The second-order valence-corrected chi connectivity index (χ2v) is 4.59. The highest BCUT2D eigenvalue weighted by Gasteiger charge is 2.39.